The van der Waals surface area contributed by atoms with E-state index in [2.05, 4.69) is 21.8 Å². The topological polar surface area (TPSA) is 138 Å². The molecule has 2 aromatic rings. The zero-order chi connectivity index (χ0) is 19.1. The summed E-state index contributed by atoms with van der Waals surface area (Å²) in [6, 6.07) is 7.78. The average Bonchev–Trinajstić information content (AvgIpc) is 3.07. The van der Waals surface area contributed by atoms with Gasteiger partial charge in [0.1, 0.15) is 5.82 Å². The molecular formula is C19H23N7O. The molecule has 1 saturated heterocycles. The minimum Gasteiger partial charge on any atom is -0.419 e. The molecule has 1 aliphatic carbocycles. The zero-order valence-corrected chi connectivity index (χ0v) is 15.1. The lowest BCUT2D eigenvalue weighted by Crippen LogP contribution is -2.29. The number of nitrogens with one attached hydrogen (secondary N) is 2. The molecule has 27 heavy (non-hydrogen) atoms. The number of hydrogen-bond donors (Lipinski definition) is 4. The normalized spacial score (nSPS) is 23.0. The van der Waals surface area contributed by atoms with Gasteiger partial charge < -0.3 is 21.1 Å². The van der Waals surface area contributed by atoms with Crippen LogP contribution in [-0.2, 0) is 11.2 Å². The molecule has 140 valence electrons. The maximum atomic E-state index is 8.19. The van der Waals surface area contributed by atoms with Crippen molar-refractivity contribution in [1.82, 2.24) is 9.97 Å². The summed E-state index contributed by atoms with van der Waals surface area (Å²) in [6.07, 6.45) is 2.53. The van der Waals surface area contributed by atoms with Crippen molar-refractivity contribution in [2.24, 2.45) is 17.6 Å². The zero-order valence-electron chi connectivity index (χ0n) is 15.1. The van der Waals surface area contributed by atoms with Gasteiger partial charge in [-0.2, -0.15) is 0 Å². The first-order valence-electron chi connectivity index (χ1n) is 9.05. The summed E-state index contributed by atoms with van der Waals surface area (Å²) in [4.78, 5) is 10.7. The summed E-state index contributed by atoms with van der Waals surface area (Å²) in [5, 5.41) is 16.3. The van der Waals surface area contributed by atoms with Crippen LogP contribution in [0, 0.1) is 22.7 Å². The fourth-order valence-corrected chi connectivity index (χ4v) is 3.57. The molecule has 6 N–H and O–H groups in total. The van der Waals surface area contributed by atoms with Crippen LogP contribution in [0.15, 0.2) is 30.5 Å². The molecule has 1 unspecified atom stereocenters. The smallest absolute Gasteiger partial charge is 0.243 e. The molecule has 3 atom stereocenters. The number of fused-ring (bicyclic) bond motifs is 1. The molecule has 0 amide bonds. The van der Waals surface area contributed by atoms with Crippen LogP contribution in [0.25, 0.3) is 0 Å². The van der Waals surface area contributed by atoms with Crippen LogP contribution in [0.5, 0.6) is 0 Å². The van der Waals surface area contributed by atoms with Crippen LogP contribution < -0.4 is 16.4 Å². The monoisotopic (exact) mass is 365 g/mol. The Morgan fingerprint density at radius 3 is 2.48 bits per heavy atom. The van der Waals surface area contributed by atoms with E-state index >= 15 is 0 Å². The third-order valence-electron chi connectivity index (χ3n) is 5.42. The quantitative estimate of drug-likeness (QED) is 0.477. The van der Waals surface area contributed by atoms with E-state index in [4.69, 9.17) is 27.0 Å². The second-order valence-electron chi connectivity index (χ2n) is 7.08. The Bertz CT molecular complexity index is 883. The molecular weight excluding hydrogens is 342 g/mol. The summed E-state index contributed by atoms with van der Waals surface area (Å²) >= 11 is 0. The molecule has 0 radical (unpaired) electrons. The van der Waals surface area contributed by atoms with Gasteiger partial charge in [-0.15, -0.1) is 0 Å². The largest absolute Gasteiger partial charge is 0.419 e. The van der Waals surface area contributed by atoms with Crippen LogP contribution in [0.1, 0.15) is 23.7 Å². The van der Waals surface area contributed by atoms with E-state index in [0.717, 1.165) is 19.5 Å². The van der Waals surface area contributed by atoms with E-state index in [-0.39, 0.29) is 23.3 Å². The second kappa shape index (κ2) is 6.62. The molecule has 2 aliphatic rings. The van der Waals surface area contributed by atoms with Crippen molar-refractivity contribution in [3.8, 4) is 0 Å². The summed E-state index contributed by atoms with van der Waals surface area (Å²) in [5.74, 6) is 1.39. The Morgan fingerprint density at radius 1 is 1.19 bits per heavy atom. The SMILES string of the molecule is CCc1ccc(C(=N)OC(=N)c2nc(N3CC4[C@@H](N)[C@H]4C3)cnc2N)cc1. The summed E-state index contributed by atoms with van der Waals surface area (Å²) in [6.45, 7) is 3.76. The Morgan fingerprint density at radius 2 is 1.85 bits per heavy atom. The second-order valence-corrected chi connectivity index (χ2v) is 7.08. The van der Waals surface area contributed by atoms with E-state index in [0.29, 0.717) is 29.3 Å². The number of piperidine rings is 1. The number of nitrogens with zero attached hydrogens (tertiary/aromatic N) is 3. The van der Waals surface area contributed by atoms with E-state index in [1.807, 2.05) is 12.1 Å². The molecule has 0 bridgehead atoms. The molecule has 8 nitrogen and oxygen atoms in total. The molecule has 2 fully saturated rings. The highest BCUT2D eigenvalue weighted by atomic mass is 16.5. The first kappa shape index (κ1) is 17.4. The van der Waals surface area contributed by atoms with Gasteiger partial charge in [0.05, 0.1) is 6.20 Å². The van der Waals surface area contributed by atoms with Gasteiger partial charge in [0, 0.05) is 24.7 Å². The first-order chi connectivity index (χ1) is 13.0. The number of ether oxygens (including phenoxy) is 1. The maximum absolute atomic E-state index is 8.19. The molecule has 0 spiro atoms. The Balaban J connectivity index is 1.47. The number of anilines is 2. The van der Waals surface area contributed by atoms with Gasteiger partial charge in [-0.3, -0.25) is 10.8 Å². The molecule has 1 saturated carbocycles. The lowest BCUT2D eigenvalue weighted by Gasteiger charge is -2.20. The summed E-state index contributed by atoms with van der Waals surface area (Å²) in [5.41, 5.74) is 13.8. The lowest BCUT2D eigenvalue weighted by molar-refractivity contribution is 0.535. The highest BCUT2D eigenvalue weighted by Gasteiger charge is 2.53. The highest BCUT2D eigenvalue weighted by Crippen LogP contribution is 2.44. The number of aryl methyl sites for hydroxylation is 1. The van der Waals surface area contributed by atoms with Crippen LogP contribution in [0.4, 0.5) is 11.6 Å². The van der Waals surface area contributed by atoms with E-state index in [9.17, 15) is 0 Å². The van der Waals surface area contributed by atoms with Crippen molar-refractivity contribution in [1.29, 1.82) is 10.8 Å². The Hall–Kier alpha value is -3.00. The first-order valence-corrected chi connectivity index (χ1v) is 9.05. The number of aromatic nitrogens is 2. The summed E-state index contributed by atoms with van der Waals surface area (Å²) < 4.78 is 5.39. The fourth-order valence-electron chi connectivity index (χ4n) is 3.57. The molecule has 1 aromatic carbocycles. The van der Waals surface area contributed by atoms with Crippen LogP contribution >= 0.6 is 0 Å². The van der Waals surface area contributed by atoms with Gasteiger partial charge >= 0.3 is 0 Å². The van der Waals surface area contributed by atoms with Crippen molar-refractivity contribution in [2.75, 3.05) is 23.7 Å². The maximum Gasteiger partial charge on any atom is 0.243 e. The minimum absolute atomic E-state index is 0.110. The predicted octanol–water partition coefficient (Wildman–Crippen LogP) is 1.38. The van der Waals surface area contributed by atoms with Crippen molar-refractivity contribution in [3.63, 3.8) is 0 Å². The standard InChI is InChI=1S/C19H23N7O/c1-2-10-3-5-11(6-4-10)18(22)27-19(23)16-17(21)24-7-14(25-16)26-8-12-13(9-26)15(12)20/h3-7,12-13,15,22-23H,2,8-9,20H2,1H3,(H2,21,24)/t12-,13?,15-/m0/s1. The van der Waals surface area contributed by atoms with Gasteiger partial charge in [0.15, 0.2) is 11.5 Å². The minimum atomic E-state index is -0.285. The number of rotatable bonds is 4. The van der Waals surface area contributed by atoms with Gasteiger partial charge in [-0.05, 0) is 36.0 Å². The molecule has 8 heteroatoms. The van der Waals surface area contributed by atoms with Crippen molar-refractivity contribution >= 4 is 23.4 Å². The molecule has 1 aliphatic heterocycles. The van der Waals surface area contributed by atoms with E-state index in [1.165, 1.54) is 5.56 Å². The van der Waals surface area contributed by atoms with Crippen molar-refractivity contribution in [3.05, 3.63) is 47.3 Å². The van der Waals surface area contributed by atoms with Crippen molar-refractivity contribution in [2.45, 2.75) is 19.4 Å². The summed E-state index contributed by atoms with van der Waals surface area (Å²) in [7, 11) is 0. The third kappa shape index (κ3) is 3.23. The highest BCUT2D eigenvalue weighted by molar-refractivity contribution is 6.05. The number of nitrogen functional groups attached to an aromatic ring is 1. The fraction of sp³-hybridized carbons (Fsp3) is 0.368. The number of hydrogen-bond acceptors (Lipinski definition) is 8. The Kier molecular flexibility index (Phi) is 4.27. The van der Waals surface area contributed by atoms with Gasteiger partial charge in [-0.1, -0.05) is 19.1 Å². The van der Waals surface area contributed by atoms with Crippen LogP contribution in [0.3, 0.4) is 0 Å². The van der Waals surface area contributed by atoms with Gasteiger partial charge in [0.25, 0.3) is 0 Å². The van der Waals surface area contributed by atoms with E-state index in [1.54, 1.807) is 18.3 Å². The van der Waals surface area contributed by atoms with Crippen LogP contribution in [-0.4, -0.2) is 40.9 Å². The van der Waals surface area contributed by atoms with Crippen molar-refractivity contribution < 1.29 is 4.74 Å². The van der Waals surface area contributed by atoms with Gasteiger partial charge in [0.2, 0.25) is 11.8 Å². The van der Waals surface area contributed by atoms with E-state index < -0.39 is 0 Å². The van der Waals surface area contributed by atoms with Crippen LogP contribution in [0.2, 0.25) is 0 Å². The molecule has 2 heterocycles. The lowest BCUT2D eigenvalue weighted by atomic mass is 10.1. The molecule has 1 aromatic heterocycles. The number of nitrogens with two attached hydrogens (primary N) is 2. The Labute approximate surface area is 157 Å². The third-order valence-corrected chi connectivity index (χ3v) is 5.42. The molecule has 4 rings (SSSR count). The number of benzene rings is 1. The predicted molar refractivity (Wildman–Crippen MR) is 104 cm³/mol. The average molecular weight is 365 g/mol. The van der Waals surface area contributed by atoms with Gasteiger partial charge in [-0.25, -0.2) is 9.97 Å².